The smallest absolute Gasteiger partial charge is 0.360 e. The zero-order valence-corrected chi connectivity index (χ0v) is 16.1. The molecule has 2 aliphatic rings. The second-order valence-electron chi connectivity index (χ2n) is 7.23. The highest BCUT2D eigenvalue weighted by Gasteiger charge is 2.36. The maximum Gasteiger partial charge on any atom is 0.360 e. The number of esters is 1. The molecular weight excluding hydrogens is 358 g/mol. The van der Waals surface area contributed by atoms with Gasteiger partial charge in [-0.1, -0.05) is 23.8 Å². The summed E-state index contributed by atoms with van der Waals surface area (Å²) in [5.74, 6) is -0.251. The van der Waals surface area contributed by atoms with Gasteiger partial charge in [-0.25, -0.2) is 9.48 Å². The van der Waals surface area contributed by atoms with Gasteiger partial charge in [0.1, 0.15) is 0 Å². The van der Waals surface area contributed by atoms with Gasteiger partial charge < -0.3 is 9.64 Å². The van der Waals surface area contributed by atoms with Gasteiger partial charge in [-0.3, -0.25) is 9.69 Å². The number of rotatable bonds is 5. The van der Waals surface area contributed by atoms with E-state index in [4.69, 9.17) is 4.74 Å². The number of ether oxygens (including phenoxy) is 1. The van der Waals surface area contributed by atoms with Gasteiger partial charge in [0, 0.05) is 18.8 Å². The Labute approximate surface area is 164 Å². The largest absolute Gasteiger partial charge is 0.461 e. The monoisotopic (exact) mass is 383 g/mol. The van der Waals surface area contributed by atoms with Crippen LogP contribution in [0.25, 0.3) is 0 Å². The normalized spacial score (nSPS) is 20.1. The van der Waals surface area contributed by atoms with Crippen LogP contribution >= 0.6 is 0 Å². The van der Waals surface area contributed by atoms with E-state index in [0.29, 0.717) is 13.2 Å². The van der Waals surface area contributed by atoms with E-state index in [1.807, 2.05) is 29.2 Å². The number of benzene rings is 1. The molecule has 0 N–H and O–H groups in total. The van der Waals surface area contributed by atoms with Crippen LogP contribution in [0.3, 0.4) is 0 Å². The molecule has 1 unspecified atom stereocenters. The summed E-state index contributed by atoms with van der Waals surface area (Å²) < 4.78 is 6.53. The van der Waals surface area contributed by atoms with E-state index in [1.54, 1.807) is 17.8 Å². The number of amides is 1. The molecule has 1 aromatic carbocycles. The van der Waals surface area contributed by atoms with E-state index in [0.717, 1.165) is 43.7 Å². The van der Waals surface area contributed by atoms with Crippen molar-refractivity contribution < 1.29 is 14.3 Å². The Balaban J connectivity index is 1.41. The molecule has 0 aliphatic carbocycles. The Morgan fingerprint density at radius 1 is 1.18 bits per heavy atom. The standard InChI is InChI=1S/C20H25N5O3/c1-2-28-20(27)17-14-24(22-21-17)13-15-6-8-16(9-7-15)25-12-11-23-10-4-3-5-18(23)19(25)26/h6-9,14,18H,2-5,10-13H2,1H3. The van der Waals surface area contributed by atoms with Gasteiger partial charge in [-0.2, -0.15) is 0 Å². The summed E-state index contributed by atoms with van der Waals surface area (Å²) in [6.07, 6.45) is 4.87. The Kier molecular flexibility index (Phi) is 5.38. The van der Waals surface area contributed by atoms with Crippen LogP contribution in [0, 0.1) is 0 Å². The molecule has 0 bridgehead atoms. The highest BCUT2D eigenvalue weighted by molar-refractivity contribution is 5.98. The van der Waals surface area contributed by atoms with E-state index >= 15 is 0 Å². The lowest BCUT2D eigenvalue weighted by Gasteiger charge is -2.43. The number of piperazine rings is 1. The molecular formula is C20H25N5O3. The molecule has 8 nitrogen and oxygen atoms in total. The fourth-order valence-corrected chi connectivity index (χ4v) is 3.96. The quantitative estimate of drug-likeness (QED) is 0.731. The number of nitrogens with zero attached hydrogens (tertiary/aromatic N) is 5. The number of aromatic nitrogens is 3. The van der Waals surface area contributed by atoms with Gasteiger partial charge in [-0.15, -0.1) is 5.10 Å². The van der Waals surface area contributed by atoms with E-state index in [2.05, 4.69) is 15.2 Å². The second-order valence-corrected chi connectivity index (χ2v) is 7.23. The highest BCUT2D eigenvalue weighted by Crippen LogP contribution is 2.26. The maximum atomic E-state index is 12.9. The minimum Gasteiger partial charge on any atom is -0.461 e. The molecule has 2 aliphatic heterocycles. The van der Waals surface area contributed by atoms with Gasteiger partial charge in [0.25, 0.3) is 0 Å². The van der Waals surface area contributed by atoms with Crippen molar-refractivity contribution in [2.24, 2.45) is 0 Å². The van der Waals surface area contributed by atoms with Crippen LogP contribution in [0.15, 0.2) is 30.5 Å². The number of anilines is 1. The summed E-state index contributed by atoms with van der Waals surface area (Å²) in [7, 11) is 0. The molecule has 0 spiro atoms. The summed E-state index contributed by atoms with van der Waals surface area (Å²) in [6, 6.07) is 7.98. The molecule has 28 heavy (non-hydrogen) atoms. The van der Waals surface area contributed by atoms with Crippen molar-refractivity contribution >= 4 is 17.6 Å². The first-order valence-corrected chi connectivity index (χ1v) is 9.87. The highest BCUT2D eigenvalue weighted by atomic mass is 16.5. The number of carbonyl (C=O) groups excluding carboxylic acids is 2. The van der Waals surface area contributed by atoms with Gasteiger partial charge in [-0.05, 0) is 44.0 Å². The van der Waals surface area contributed by atoms with Gasteiger partial charge in [0.2, 0.25) is 5.91 Å². The zero-order valence-electron chi connectivity index (χ0n) is 16.1. The first-order valence-electron chi connectivity index (χ1n) is 9.87. The first-order chi connectivity index (χ1) is 13.7. The number of fused-ring (bicyclic) bond motifs is 1. The van der Waals surface area contributed by atoms with E-state index < -0.39 is 5.97 Å². The van der Waals surface area contributed by atoms with Crippen LogP contribution in [0.5, 0.6) is 0 Å². The Hall–Kier alpha value is -2.74. The van der Waals surface area contributed by atoms with Crippen LogP contribution in [0.1, 0.15) is 42.2 Å². The third-order valence-electron chi connectivity index (χ3n) is 5.39. The number of carbonyl (C=O) groups is 2. The predicted octanol–water partition coefficient (Wildman–Crippen LogP) is 1.70. The van der Waals surface area contributed by atoms with E-state index in [-0.39, 0.29) is 17.6 Å². The lowest BCUT2D eigenvalue weighted by molar-refractivity contribution is -0.127. The summed E-state index contributed by atoms with van der Waals surface area (Å²) in [5, 5.41) is 7.83. The molecule has 1 atom stereocenters. The predicted molar refractivity (Wildman–Crippen MR) is 103 cm³/mol. The fraction of sp³-hybridized carbons (Fsp3) is 0.500. The molecule has 8 heteroatoms. The van der Waals surface area contributed by atoms with Gasteiger partial charge >= 0.3 is 5.97 Å². The SMILES string of the molecule is CCOC(=O)c1cn(Cc2ccc(N3CCN4CCCCC4C3=O)cc2)nn1. The van der Waals surface area contributed by atoms with E-state index in [9.17, 15) is 9.59 Å². The topological polar surface area (TPSA) is 80.6 Å². The van der Waals surface area contributed by atoms with Crippen LogP contribution < -0.4 is 4.90 Å². The van der Waals surface area contributed by atoms with Crippen molar-refractivity contribution in [2.75, 3.05) is 31.1 Å². The second kappa shape index (κ2) is 8.10. The van der Waals surface area contributed by atoms with Crippen molar-refractivity contribution in [1.82, 2.24) is 19.9 Å². The first kappa shape index (κ1) is 18.6. The molecule has 2 fully saturated rings. The van der Waals surface area contributed by atoms with Crippen LogP contribution in [-0.2, 0) is 16.1 Å². The Bertz CT molecular complexity index is 848. The summed E-state index contributed by atoms with van der Waals surface area (Å²) in [4.78, 5) is 28.8. The molecule has 2 saturated heterocycles. The number of hydrogen-bond acceptors (Lipinski definition) is 6. The van der Waals surface area contributed by atoms with Crippen molar-refractivity contribution in [1.29, 1.82) is 0 Å². The fourth-order valence-electron chi connectivity index (χ4n) is 3.96. The minimum atomic E-state index is -0.468. The Morgan fingerprint density at radius 3 is 2.79 bits per heavy atom. The van der Waals surface area contributed by atoms with Gasteiger partial charge in [0.05, 0.1) is 25.4 Å². The van der Waals surface area contributed by atoms with Crippen molar-refractivity contribution in [3.8, 4) is 0 Å². The van der Waals surface area contributed by atoms with Crippen molar-refractivity contribution in [3.63, 3.8) is 0 Å². The third-order valence-corrected chi connectivity index (χ3v) is 5.39. The minimum absolute atomic E-state index is 0.0404. The number of hydrogen-bond donors (Lipinski definition) is 0. The van der Waals surface area contributed by atoms with E-state index in [1.165, 1.54) is 6.42 Å². The lowest BCUT2D eigenvalue weighted by Crippen LogP contribution is -2.58. The molecule has 1 amide bonds. The lowest BCUT2D eigenvalue weighted by atomic mass is 9.98. The Morgan fingerprint density at radius 2 is 2.00 bits per heavy atom. The summed E-state index contributed by atoms with van der Waals surface area (Å²) in [5.41, 5.74) is 2.16. The van der Waals surface area contributed by atoms with Crippen molar-refractivity contribution in [2.45, 2.75) is 38.8 Å². The maximum absolute atomic E-state index is 12.9. The zero-order chi connectivity index (χ0) is 19.5. The average molecular weight is 383 g/mol. The molecule has 0 saturated carbocycles. The van der Waals surface area contributed by atoms with Crippen LogP contribution in [-0.4, -0.2) is 64.1 Å². The molecule has 4 rings (SSSR count). The molecule has 3 heterocycles. The molecule has 1 aromatic heterocycles. The summed E-state index contributed by atoms with van der Waals surface area (Å²) in [6.45, 7) is 5.27. The number of piperidine rings is 1. The van der Waals surface area contributed by atoms with Gasteiger partial charge in [0.15, 0.2) is 5.69 Å². The molecule has 148 valence electrons. The van der Waals surface area contributed by atoms with Crippen molar-refractivity contribution in [3.05, 3.63) is 41.7 Å². The van der Waals surface area contributed by atoms with Crippen LogP contribution in [0.4, 0.5) is 5.69 Å². The molecule has 2 aromatic rings. The van der Waals surface area contributed by atoms with Crippen LogP contribution in [0.2, 0.25) is 0 Å². The third kappa shape index (κ3) is 3.77. The molecule has 0 radical (unpaired) electrons. The summed E-state index contributed by atoms with van der Waals surface area (Å²) >= 11 is 0. The average Bonchev–Trinajstić information content (AvgIpc) is 3.18.